The molecule has 1 aliphatic rings. The molecule has 212 valence electrons. The number of para-hydroxylation sites is 2. The number of anilines is 2. The van der Waals surface area contributed by atoms with Crippen molar-refractivity contribution >= 4 is 34.9 Å². The van der Waals surface area contributed by atoms with Crippen molar-refractivity contribution in [1.82, 2.24) is 9.47 Å². The van der Waals surface area contributed by atoms with Crippen molar-refractivity contribution in [1.29, 1.82) is 0 Å². The van der Waals surface area contributed by atoms with Crippen molar-refractivity contribution in [2.24, 2.45) is 0 Å². The third kappa shape index (κ3) is 5.95. The van der Waals surface area contributed by atoms with Gasteiger partial charge in [-0.1, -0.05) is 49.2 Å². The van der Waals surface area contributed by atoms with Crippen molar-refractivity contribution in [3.63, 3.8) is 0 Å². The average molecular weight is 581 g/mol. The van der Waals surface area contributed by atoms with Gasteiger partial charge < -0.3 is 14.8 Å². The molecule has 1 N–H and O–H groups in total. The van der Waals surface area contributed by atoms with E-state index >= 15 is 0 Å². The lowest BCUT2D eigenvalue weighted by molar-refractivity contribution is -0.137. The number of unbranched alkanes of at least 4 members (excludes halogenated alkanes) is 1. The molecule has 6 nitrogen and oxygen atoms in total. The number of carbonyl (C=O) groups excluding carboxylic acids is 2. The number of hydrogen-bond donors (Lipinski definition) is 1. The normalized spacial score (nSPS) is 14.3. The number of carbonyl (C=O) groups is 2. The lowest BCUT2D eigenvalue weighted by Gasteiger charge is -2.39. The van der Waals surface area contributed by atoms with Crippen LogP contribution in [0.5, 0.6) is 0 Å². The number of aromatic nitrogens is 1. The maximum atomic E-state index is 14.2. The summed E-state index contributed by atoms with van der Waals surface area (Å²) in [4.78, 5) is 30.6. The molecule has 3 aromatic carbocycles. The topological polar surface area (TPSA) is 57.6 Å². The highest BCUT2D eigenvalue weighted by atomic mass is 35.5. The molecule has 1 aliphatic heterocycles. The molecule has 0 unspecified atom stereocenters. The van der Waals surface area contributed by atoms with Crippen LogP contribution in [0.3, 0.4) is 0 Å². The Morgan fingerprint density at radius 2 is 1.61 bits per heavy atom. The molecule has 10 heteroatoms. The Hall–Kier alpha value is -4.24. The number of nitrogens with zero attached hydrogens (tertiary/aromatic N) is 3. The number of hydrogen-bond acceptors (Lipinski definition) is 2. The van der Waals surface area contributed by atoms with Gasteiger partial charge in [0.05, 0.1) is 22.6 Å². The van der Waals surface area contributed by atoms with Crippen molar-refractivity contribution < 1.29 is 22.8 Å². The van der Waals surface area contributed by atoms with Gasteiger partial charge in [-0.3, -0.25) is 9.69 Å². The van der Waals surface area contributed by atoms with Crippen LogP contribution in [0.25, 0.3) is 5.69 Å². The van der Waals surface area contributed by atoms with Gasteiger partial charge in [-0.15, -0.1) is 0 Å². The monoisotopic (exact) mass is 580 g/mol. The Bertz CT molecular complexity index is 1530. The largest absolute Gasteiger partial charge is 0.416 e. The van der Waals surface area contributed by atoms with E-state index in [1.165, 1.54) is 17.0 Å². The van der Waals surface area contributed by atoms with Crippen molar-refractivity contribution in [3.05, 3.63) is 113 Å². The molecule has 0 aliphatic carbocycles. The Labute approximate surface area is 240 Å². The van der Waals surface area contributed by atoms with Crippen LogP contribution in [-0.4, -0.2) is 34.5 Å². The Morgan fingerprint density at radius 3 is 2.27 bits per heavy atom. The zero-order valence-electron chi connectivity index (χ0n) is 22.2. The first-order valence-corrected chi connectivity index (χ1v) is 13.6. The Kier molecular flexibility index (Phi) is 8.08. The first-order valence-electron chi connectivity index (χ1n) is 13.2. The van der Waals surface area contributed by atoms with Gasteiger partial charge in [-0.05, 0) is 72.6 Å². The highest BCUT2D eigenvalue weighted by Gasteiger charge is 2.37. The first kappa shape index (κ1) is 28.3. The molecular weight excluding hydrogens is 553 g/mol. The molecule has 41 heavy (non-hydrogen) atoms. The SMILES string of the molecule is CCCCN(CC(=O)N1c2ccccc2-n2cccc2[C@@H]1c1ccc(Cl)cc1)C(=O)Nc1ccc(C(F)(F)F)cc1. The molecule has 0 spiro atoms. The minimum atomic E-state index is -4.48. The molecule has 2 heterocycles. The van der Waals surface area contributed by atoms with Crippen molar-refractivity contribution in [3.8, 4) is 5.69 Å². The van der Waals surface area contributed by atoms with E-state index in [9.17, 15) is 22.8 Å². The summed E-state index contributed by atoms with van der Waals surface area (Å²) in [5.41, 5.74) is 2.66. The van der Waals surface area contributed by atoms with Crippen LogP contribution in [0.4, 0.5) is 29.3 Å². The van der Waals surface area contributed by atoms with Crippen LogP contribution >= 0.6 is 11.6 Å². The first-order chi connectivity index (χ1) is 19.7. The van der Waals surface area contributed by atoms with Gasteiger partial charge in [-0.2, -0.15) is 13.2 Å². The van der Waals surface area contributed by atoms with Crippen molar-refractivity contribution in [2.45, 2.75) is 32.0 Å². The molecular formula is C31H28ClF3N4O2. The third-order valence-electron chi connectivity index (χ3n) is 7.03. The van der Waals surface area contributed by atoms with E-state index in [-0.39, 0.29) is 18.1 Å². The number of amides is 3. The summed E-state index contributed by atoms with van der Waals surface area (Å²) in [6.07, 6.45) is -1.10. The van der Waals surface area contributed by atoms with Crippen LogP contribution in [0.2, 0.25) is 5.02 Å². The standard InChI is InChI=1S/C31H28ClF3N4O2/c1-2-3-18-37(30(41)36-24-16-12-22(13-17-24)31(33,34)35)20-28(40)39-26-8-5-4-7-25(26)38-19-6-9-27(38)29(39)21-10-14-23(32)15-11-21/h4-17,19,29H,2-3,18,20H2,1H3,(H,36,41)/t29-/m0/s1. The quantitative estimate of drug-likeness (QED) is 0.241. The lowest BCUT2D eigenvalue weighted by Crippen LogP contribution is -2.48. The van der Waals surface area contributed by atoms with Gasteiger partial charge in [0.15, 0.2) is 0 Å². The number of alkyl halides is 3. The summed E-state index contributed by atoms with van der Waals surface area (Å²) in [5.74, 6) is -0.302. The predicted molar refractivity (Wildman–Crippen MR) is 153 cm³/mol. The van der Waals surface area contributed by atoms with Crippen LogP contribution in [0.1, 0.15) is 42.6 Å². The minimum Gasteiger partial charge on any atom is -0.316 e. The Morgan fingerprint density at radius 1 is 0.927 bits per heavy atom. The smallest absolute Gasteiger partial charge is 0.316 e. The van der Waals surface area contributed by atoms with E-state index in [4.69, 9.17) is 11.6 Å². The third-order valence-corrected chi connectivity index (χ3v) is 7.28. The van der Waals surface area contributed by atoms with E-state index in [0.29, 0.717) is 23.7 Å². The number of nitrogens with one attached hydrogen (secondary N) is 1. The van der Waals surface area contributed by atoms with E-state index in [2.05, 4.69) is 5.32 Å². The minimum absolute atomic E-state index is 0.206. The molecule has 0 radical (unpaired) electrons. The van der Waals surface area contributed by atoms with Gasteiger partial charge in [0, 0.05) is 23.5 Å². The zero-order chi connectivity index (χ0) is 29.1. The van der Waals surface area contributed by atoms with E-state index in [1.807, 2.05) is 66.2 Å². The van der Waals surface area contributed by atoms with E-state index in [0.717, 1.165) is 35.5 Å². The van der Waals surface area contributed by atoms with E-state index in [1.54, 1.807) is 17.0 Å². The molecule has 5 rings (SSSR count). The van der Waals surface area contributed by atoms with Gasteiger partial charge in [-0.25, -0.2) is 4.79 Å². The highest BCUT2D eigenvalue weighted by molar-refractivity contribution is 6.30. The summed E-state index contributed by atoms with van der Waals surface area (Å²) in [5, 5.41) is 3.22. The maximum absolute atomic E-state index is 14.2. The fourth-order valence-electron chi connectivity index (χ4n) is 5.01. The summed E-state index contributed by atoms with van der Waals surface area (Å²) in [7, 11) is 0. The van der Waals surface area contributed by atoms with E-state index < -0.39 is 23.8 Å². The number of halogens is 4. The molecule has 0 saturated carbocycles. The summed E-state index contributed by atoms with van der Waals surface area (Å²) >= 11 is 6.17. The molecule has 0 saturated heterocycles. The van der Waals surface area contributed by atoms with Crippen LogP contribution in [0, 0.1) is 0 Å². The fourth-order valence-corrected chi connectivity index (χ4v) is 5.13. The second-order valence-corrected chi connectivity index (χ2v) is 10.2. The predicted octanol–water partition coefficient (Wildman–Crippen LogP) is 7.92. The molecule has 3 amide bonds. The van der Waals surface area contributed by atoms with Gasteiger partial charge in [0.25, 0.3) is 0 Å². The second-order valence-electron chi connectivity index (χ2n) is 9.79. The fraction of sp³-hybridized carbons (Fsp3) is 0.226. The second kappa shape index (κ2) is 11.7. The van der Waals surface area contributed by atoms with Gasteiger partial charge >= 0.3 is 12.2 Å². The van der Waals surface area contributed by atoms with Crippen LogP contribution in [0.15, 0.2) is 91.1 Å². The number of urea groups is 1. The number of benzene rings is 3. The summed E-state index contributed by atoms with van der Waals surface area (Å²) in [6.45, 7) is 2.04. The maximum Gasteiger partial charge on any atom is 0.416 e. The Balaban J connectivity index is 1.46. The van der Waals surface area contributed by atoms with Crippen LogP contribution in [-0.2, 0) is 11.0 Å². The molecule has 4 aromatic rings. The summed E-state index contributed by atoms with van der Waals surface area (Å²) < 4.78 is 41.0. The van der Waals surface area contributed by atoms with Gasteiger partial charge in [0.2, 0.25) is 5.91 Å². The number of fused-ring (bicyclic) bond motifs is 3. The van der Waals surface area contributed by atoms with Crippen molar-refractivity contribution in [2.75, 3.05) is 23.3 Å². The highest BCUT2D eigenvalue weighted by Crippen LogP contribution is 2.42. The summed E-state index contributed by atoms with van der Waals surface area (Å²) in [6, 6.07) is 21.9. The average Bonchev–Trinajstić information content (AvgIpc) is 3.45. The molecule has 1 aromatic heterocycles. The molecule has 0 fully saturated rings. The number of rotatable bonds is 7. The molecule has 1 atom stereocenters. The molecule has 0 bridgehead atoms. The zero-order valence-corrected chi connectivity index (χ0v) is 23.0. The lowest BCUT2D eigenvalue weighted by atomic mass is 9.97. The van der Waals surface area contributed by atoms with Crippen LogP contribution < -0.4 is 10.2 Å². The van der Waals surface area contributed by atoms with Gasteiger partial charge in [0.1, 0.15) is 12.6 Å².